The molecule has 0 atom stereocenters. The highest BCUT2D eigenvalue weighted by Crippen LogP contribution is 2.23. The maximum atomic E-state index is 13.6. The molecule has 0 spiro atoms. The van der Waals surface area contributed by atoms with Gasteiger partial charge in [0, 0.05) is 39.6 Å². The van der Waals surface area contributed by atoms with Crippen molar-refractivity contribution >= 4 is 5.91 Å². The number of likely N-dealkylation sites (N-methyl/N-ethyl adjacent to an activating group) is 1. The Bertz CT molecular complexity index is 481. The maximum absolute atomic E-state index is 13.6. The fourth-order valence-electron chi connectivity index (χ4n) is 2.32. The van der Waals surface area contributed by atoms with Crippen LogP contribution < -0.4 is 0 Å². The lowest BCUT2D eigenvalue weighted by Gasteiger charge is -2.35. The summed E-state index contributed by atoms with van der Waals surface area (Å²) in [5.41, 5.74) is -1.66. The Balaban J connectivity index is 2.12. The van der Waals surface area contributed by atoms with Gasteiger partial charge in [-0.25, -0.2) is 8.78 Å². The number of rotatable bonds is 3. The van der Waals surface area contributed by atoms with Crippen molar-refractivity contribution in [2.75, 3.05) is 26.8 Å². The van der Waals surface area contributed by atoms with Gasteiger partial charge in [-0.3, -0.25) is 4.79 Å². The van der Waals surface area contributed by atoms with Gasteiger partial charge in [0.1, 0.15) is 17.2 Å². The molecule has 2 rings (SSSR count). The first-order chi connectivity index (χ1) is 9.43. The summed E-state index contributed by atoms with van der Waals surface area (Å²) in [4.78, 5) is 13.3. The molecule has 4 nitrogen and oxygen atoms in total. The molecule has 0 unspecified atom stereocenters. The van der Waals surface area contributed by atoms with Crippen molar-refractivity contribution in [2.24, 2.45) is 0 Å². The molecule has 1 aliphatic heterocycles. The average Bonchev–Trinajstić information content (AvgIpc) is 2.38. The summed E-state index contributed by atoms with van der Waals surface area (Å²) in [6.45, 7) is 0.835. The van der Waals surface area contributed by atoms with Gasteiger partial charge in [-0.15, -0.1) is 0 Å². The van der Waals surface area contributed by atoms with Crippen LogP contribution in [0.25, 0.3) is 0 Å². The summed E-state index contributed by atoms with van der Waals surface area (Å²) in [6, 6.07) is 3.27. The van der Waals surface area contributed by atoms with Crippen LogP contribution in [0.3, 0.4) is 0 Å². The van der Waals surface area contributed by atoms with E-state index < -0.39 is 28.7 Å². The molecule has 0 aromatic heterocycles. The number of amides is 1. The van der Waals surface area contributed by atoms with Crippen molar-refractivity contribution in [3.8, 4) is 0 Å². The first-order valence-electron chi connectivity index (χ1n) is 6.42. The largest absolute Gasteiger partial charge is 0.388 e. The third-order valence-corrected chi connectivity index (χ3v) is 3.48. The van der Waals surface area contributed by atoms with E-state index in [1.54, 1.807) is 0 Å². The fraction of sp³-hybridized carbons (Fsp3) is 0.500. The molecular formula is C14H17F2NO3. The van der Waals surface area contributed by atoms with E-state index in [0.717, 1.165) is 17.0 Å². The van der Waals surface area contributed by atoms with Crippen LogP contribution in [0.1, 0.15) is 23.2 Å². The van der Waals surface area contributed by atoms with Crippen LogP contribution in [-0.2, 0) is 4.74 Å². The summed E-state index contributed by atoms with van der Waals surface area (Å²) >= 11 is 0. The highest BCUT2D eigenvalue weighted by molar-refractivity contribution is 5.94. The molecule has 1 heterocycles. The van der Waals surface area contributed by atoms with Crippen LogP contribution in [0, 0.1) is 11.6 Å². The first kappa shape index (κ1) is 14.9. The second-order valence-electron chi connectivity index (χ2n) is 5.09. The molecule has 1 saturated heterocycles. The Morgan fingerprint density at radius 3 is 2.45 bits per heavy atom. The Kier molecular flexibility index (Phi) is 4.35. The van der Waals surface area contributed by atoms with E-state index in [1.165, 1.54) is 13.1 Å². The summed E-state index contributed by atoms with van der Waals surface area (Å²) < 4.78 is 32.3. The summed E-state index contributed by atoms with van der Waals surface area (Å²) in [5, 5.41) is 10.3. The molecule has 1 N–H and O–H groups in total. The lowest BCUT2D eigenvalue weighted by atomic mass is 9.93. The minimum absolute atomic E-state index is 0.0168. The maximum Gasteiger partial charge on any atom is 0.259 e. The Morgan fingerprint density at radius 1 is 1.35 bits per heavy atom. The molecule has 1 aromatic carbocycles. The van der Waals surface area contributed by atoms with Gasteiger partial charge in [0.15, 0.2) is 0 Å². The standard InChI is InChI=1S/C14H17F2NO3/c1-17(9-14(19)5-7-20-8-6-14)13(18)12-10(15)3-2-4-11(12)16/h2-4,19H,5-9H2,1H3. The summed E-state index contributed by atoms with van der Waals surface area (Å²) in [6.07, 6.45) is 0.786. The highest BCUT2D eigenvalue weighted by atomic mass is 19.1. The Morgan fingerprint density at radius 2 is 1.90 bits per heavy atom. The van der Waals surface area contributed by atoms with Gasteiger partial charge in [-0.1, -0.05) is 6.07 Å². The molecule has 1 aromatic rings. The molecule has 0 radical (unpaired) electrons. The number of carbonyl (C=O) groups is 1. The first-order valence-corrected chi connectivity index (χ1v) is 6.42. The SMILES string of the molecule is CN(CC1(O)CCOCC1)C(=O)c1c(F)cccc1F. The zero-order valence-electron chi connectivity index (χ0n) is 11.2. The average molecular weight is 285 g/mol. The third-order valence-electron chi connectivity index (χ3n) is 3.48. The molecular weight excluding hydrogens is 268 g/mol. The quantitative estimate of drug-likeness (QED) is 0.917. The topological polar surface area (TPSA) is 49.8 Å². The number of benzene rings is 1. The van der Waals surface area contributed by atoms with Gasteiger partial charge in [0.05, 0.1) is 5.60 Å². The Hall–Kier alpha value is -1.53. The van der Waals surface area contributed by atoms with Crippen LogP contribution in [0.4, 0.5) is 8.78 Å². The summed E-state index contributed by atoms with van der Waals surface area (Å²) in [7, 11) is 1.42. The Labute approximate surface area is 116 Å². The van der Waals surface area contributed by atoms with Crippen LogP contribution in [0.15, 0.2) is 18.2 Å². The smallest absolute Gasteiger partial charge is 0.259 e. The number of nitrogens with zero attached hydrogens (tertiary/aromatic N) is 1. The van der Waals surface area contributed by atoms with E-state index in [2.05, 4.69) is 0 Å². The van der Waals surface area contributed by atoms with Crippen LogP contribution in [0.5, 0.6) is 0 Å². The van der Waals surface area contributed by atoms with Crippen LogP contribution >= 0.6 is 0 Å². The van der Waals surface area contributed by atoms with E-state index in [0.29, 0.717) is 26.1 Å². The number of carbonyl (C=O) groups excluding carboxylic acids is 1. The zero-order valence-corrected chi connectivity index (χ0v) is 11.2. The molecule has 110 valence electrons. The van der Waals surface area contributed by atoms with Crippen LogP contribution in [-0.4, -0.2) is 48.3 Å². The monoisotopic (exact) mass is 285 g/mol. The van der Waals surface area contributed by atoms with Crippen molar-refractivity contribution < 1.29 is 23.4 Å². The number of hydrogen-bond donors (Lipinski definition) is 1. The van der Waals surface area contributed by atoms with Crippen molar-refractivity contribution in [3.05, 3.63) is 35.4 Å². The van der Waals surface area contributed by atoms with E-state index in [9.17, 15) is 18.7 Å². The van der Waals surface area contributed by atoms with Crippen molar-refractivity contribution in [1.82, 2.24) is 4.90 Å². The van der Waals surface area contributed by atoms with E-state index in [-0.39, 0.29) is 6.54 Å². The number of halogens is 2. The van der Waals surface area contributed by atoms with Crippen molar-refractivity contribution in [3.63, 3.8) is 0 Å². The number of ether oxygens (including phenoxy) is 1. The predicted octanol–water partition coefficient (Wildman–Crippen LogP) is 1.58. The summed E-state index contributed by atoms with van der Waals surface area (Å²) in [5.74, 6) is -2.58. The molecule has 6 heteroatoms. The molecule has 0 bridgehead atoms. The molecule has 0 saturated carbocycles. The zero-order chi connectivity index (χ0) is 14.8. The third kappa shape index (κ3) is 3.13. The van der Waals surface area contributed by atoms with Gasteiger partial charge < -0.3 is 14.7 Å². The minimum atomic E-state index is -1.07. The second kappa shape index (κ2) is 5.85. The predicted molar refractivity (Wildman–Crippen MR) is 68.3 cm³/mol. The number of aliphatic hydroxyl groups is 1. The van der Waals surface area contributed by atoms with E-state index in [4.69, 9.17) is 4.74 Å². The van der Waals surface area contributed by atoms with E-state index in [1.807, 2.05) is 0 Å². The van der Waals surface area contributed by atoms with Crippen molar-refractivity contribution in [1.29, 1.82) is 0 Å². The van der Waals surface area contributed by atoms with Gasteiger partial charge in [-0.2, -0.15) is 0 Å². The number of hydrogen-bond acceptors (Lipinski definition) is 3. The second-order valence-corrected chi connectivity index (χ2v) is 5.09. The lowest BCUT2D eigenvalue weighted by Crippen LogP contribution is -2.47. The molecule has 1 fully saturated rings. The molecule has 1 aliphatic rings. The van der Waals surface area contributed by atoms with Crippen molar-refractivity contribution in [2.45, 2.75) is 18.4 Å². The fourth-order valence-corrected chi connectivity index (χ4v) is 2.32. The molecule has 20 heavy (non-hydrogen) atoms. The van der Waals surface area contributed by atoms with Gasteiger partial charge in [0.2, 0.25) is 0 Å². The van der Waals surface area contributed by atoms with E-state index >= 15 is 0 Å². The normalized spacial score (nSPS) is 17.8. The highest BCUT2D eigenvalue weighted by Gasteiger charge is 2.33. The van der Waals surface area contributed by atoms with Gasteiger partial charge >= 0.3 is 0 Å². The molecule has 1 amide bonds. The molecule has 0 aliphatic carbocycles. The lowest BCUT2D eigenvalue weighted by molar-refractivity contribution is -0.0735. The minimum Gasteiger partial charge on any atom is -0.388 e. The van der Waals surface area contributed by atoms with Gasteiger partial charge in [-0.05, 0) is 12.1 Å². The van der Waals surface area contributed by atoms with Crippen LogP contribution in [0.2, 0.25) is 0 Å². The van der Waals surface area contributed by atoms with Gasteiger partial charge in [0.25, 0.3) is 5.91 Å².